The van der Waals surface area contributed by atoms with Crippen LogP contribution in [0.15, 0.2) is 36.5 Å². The van der Waals surface area contributed by atoms with Crippen LogP contribution in [0.4, 0.5) is 0 Å². The van der Waals surface area contributed by atoms with Crippen LogP contribution in [0.1, 0.15) is 258 Å². The summed E-state index contributed by atoms with van der Waals surface area (Å²) in [6.07, 6.45) is 57.6. The van der Waals surface area contributed by atoms with Gasteiger partial charge >= 0.3 is 19.8 Å². The van der Waals surface area contributed by atoms with Gasteiger partial charge in [-0.15, -0.1) is 0 Å². The summed E-state index contributed by atoms with van der Waals surface area (Å²) in [4.78, 5) is 35.1. The van der Waals surface area contributed by atoms with E-state index in [1.54, 1.807) is 0 Å². The van der Waals surface area contributed by atoms with Crippen molar-refractivity contribution in [1.82, 2.24) is 0 Å². The van der Waals surface area contributed by atoms with Crippen molar-refractivity contribution in [2.75, 3.05) is 26.4 Å². The number of ether oxygens (including phenoxy) is 2. The average molecular weight is 910 g/mol. The van der Waals surface area contributed by atoms with Crippen molar-refractivity contribution in [3.8, 4) is 0 Å². The van der Waals surface area contributed by atoms with Gasteiger partial charge in [-0.05, 0) is 51.4 Å². The predicted octanol–water partition coefficient (Wildman–Crippen LogP) is 16.1. The molecule has 0 aromatic carbocycles. The third-order valence-electron chi connectivity index (χ3n) is 11.5. The van der Waals surface area contributed by atoms with E-state index in [-0.39, 0.29) is 38.6 Å². The molecule has 2 atom stereocenters. The highest BCUT2D eigenvalue weighted by atomic mass is 31.2. The third-order valence-corrected chi connectivity index (χ3v) is 12.5. The zero-order valence-corrected chi connectivity index (χ0v) is 42.0. The molecule has 0 aliphatic heterocycles. The standard InChI is InChI=1S/C53H100NO8P/c1-3-5-7-9-11-13-15-17-19-21-23-24-25-26-28-29-31-33-35-37-39-41-43-45-52(55)59-49-51(50-61-63(57,58)60-48-47-54)62-53(56)46-44-42-40-38-36-34-32-30-27-22-20-18-16-14-12-10-8-6-4-2/h12,14,18,20,27,30,51H,3-11,13,15-17,19,21-26,28-29,31-50,54H2,1-2H3,(H,57,58)/b14-12-,20-18-,30-27-. The van der Waals surface area contributed by atoms with E-state index in [9.17, 15) is 19.0 Å². The van der Waals surface area contributed by atoms with Gasteiger partial charge in [-0.3, -0.25) is 18.6 Å². The summed E-state index contributed by atoms with van der Waals surface area (Å²) in [5.41, 5.74) is 5.37. The van der Waals surface area contributed by atoms with Crippen LogP contribution in [0.25, 0.3) is 0 Å². The second-order valence-electron chi connectivity index (χ2n) is 17.8. The number of rotatable bonds is 50. The molecule has 0 aromatic heterocycles. The first-order valence-corrected chi connectivity index (χ1v) is 28.0. The first-order chi connectivity index (χ1) is 30.8. The maximum atomic E-state index is 12.6. The van der Waals surface area contributed by atoms with Gasteiger partial charge in [0.2, 0.25) is 0 Å². The van der Waals surface area contributed by atoms with Crippen LogP contribution in [0.2, 0.25) is 0 Å². The molecule has 10 heteroatoms. The van der Waals surface area contributed by atoms with E-state index in [1.165, 1.54) is 154 Å². The first kappa shape index (κ1) is 61.2. The summed E-state index contributed by atoms with van der Waals surface area (Å²) < 4.78 is 32.9. The molecule has 9 nitrogen and oxygen atoms in total. The zero-order chi connectivity index (χ0) is 46.0. The van der Waals surface area contributed by atoms with Crippen LogP contribution in [0.5, 0.6) is 0 Å². The Morgan fingerprint density at radius 1 is 0.476 bits per heavy atom. The van der Waals surface area contributed by atoms with E-state index >= 15 is 0 Å². The van der Waals surface area contributed by atoms with E-state index in [1.807, 2.05) is 0 Å². The van der Waals surface area contributed by atoms with Crippen molar-refractivity contribution >= 4 is 19.8 Å². The topological polar surface area (TPSA) is 134 Å². The van der Waals surface area contributed by atoms with Gasteiger partial charge < -0.3 is 20.1 Å². The second kappa shape index (κ2) is 49.7. The summed E-state index contributed by atoms with van der Waals surface area (Å²) in [6.45, 7) is 3.74. The molecule has 0 bridgehead atoms. The summed E-state index contributed by atoms with van der Waals surface area (Å²) in [6, 6.07) is 0. The van der Waals surface area contributed by atoms with E-state index < -0.39 is 26.5 Å². The zero-order valence-electron chi connectivity index (χ0n) is 41.1. The summed E-state index contributed by atoms with van der Waals surface area (Å²) in [7, 11) is -4.39. The molecule has 3 N–H and O–H groups in total. The molecule has 0 radical (unpaired) electrons. The van der Waals surface area contributed by atoms with Crippen molar-refractivity contribution in [2.45, 2.75) is 264 Å². The molecular weight excluding hydrogens is 810 g/mol. The molecule has 0 spiro atoms. The highest BCUT2D eigenvalue weighted by Crippen LogP contribution is 2.43. The van der Waals surface area contributed by atoms with Gasteiger partial charge in [0.05, 0.1) is 13.2 Å². The van der Waals surface area contributed by atoms with Crippen molar-refractivity contribution in [3.05, 3.63) is 36.5 Å². The molecule has 0 fully saturated rings. The molecule has 63 heavy (non-hydrogen) atoms. The Morgan fingerprint density at radius 2 is 0.825 bits per heavy atom. The Morgan fingerprint density at radius 3 is 1.25 bits per heavy atom. The third kappa shape index (κ3) is 49.5. The number of carbonyl (C=O) groups excluding carboxylic acids is 2. The van der Waals surface area contributed by atoms with Crippen LogP contribution in [-0.2, 0) is 32.7 Å². The molecule has 370 valence electrons. The van der Waals surface area contributed by atoms with Gasteiger partial charge in [-0.1, -0.05) is 230 Å². The lowest BCUT2D eigenvalue weighted by Crippen LogP contribution is -2.29. The van der Waals surface area contributed by atoms with Crippen LogP contribution < -0.4 is 5.73 Å². The second-order valence-corrected chi connectivity index (χ2v) is 19.2. The van der Waals surface area contributed by atoms with Gasteiger partial charge in [0.15, 0.2) is 6.10 Å². The molecule has 0 aromatic rings. The van der Waals surface area contributed by atoms with Crippen LogP contribution in [0, 0.1) is 0 Å². The molecule has 0 aliphatic rings. The van der Waals surface area contributed by atoms with Crippen molar-refractivity contribution in [2.24, 2.45) is 5.73 Å². The lowest BCUT2D eigenvalue weighted by molar-refractivity contribution is -0.161. The normalized spacial score (nSPS) is 13.4. The van der Waals surface area contributed by atoms with E-state index in [0.29, 0.717) is 6.42 Å². The van der Waals surface area contributed by atoms with E-state index in [0.717, 1.165) is 70.6 Å². The minimum atomic E-state index is -4.39. The SMILES string of the molecule is CCCCC/C=C\C/C=C\C/C=C\CCCCCCCCC(=O)OC(COC(=O)CCCCCCCCCCCCCCCCCCCCCCCCC)COP(=O)(O)OCCN. The maximum Gasteiger partial charge on any atom is 0.472 e. The van der Waals surface area contributed by atoms with E-state index in [4.69, 9.17) is 24.3 Å². The minimum absolute atomic E-state index is 0.0517. The van der Waals surface area contributed by atoms with E-state index in [2.05, 4.69) is 50.3 Å². The summed E-state index contributed by atoms with van der Waals surface area (Å²) in [5, 5.41) is 0. The fourth-order valence-corrected chi connectivity index (χ4v) is 8.35. The lowest BCUT2D eigenvalue weighted by Gasteiger charge is -2.19. The van der Waals surface area contributed by atoms with Crippen molar-refractivity contribution in [1.29, 1.82) is 0 Å². The van der Waals surface area contributed by atoms with Crippen molar-refractivity contribution < 1.29 is 37.6 Å². The van der Waals surface area contributed by atoms with Gasteiger partial charge in [-0.2, -0.15) is 0 Å². The van der Waals surface area contributed by atoms with Crippen molar-refractivity contribution in [3.63, 3.8) is 0 Å². The smallest absolute Gasteiger partial charge is 0.462 e. The Bertz CT molecular complexity index is 1130. The predicted molar refractivity (Wildman–Crippen MR) is 266 cm³/mol. The van der Waals surface area contributed by atoms with Gasteiger partial charge in [-0.25, -0.2) is 4.57 Å². The fraction of sp³-hybridized carbons (Fsp3) is 0.849. The highest BCUT2D eigenvalue weighted by molar-refractivity contribution is 7.47. The number of phosphoric acid groups is 1. The molecule has 0 amide bonds. The molecule has 0 saturated carbocycles. The highest BCUT2D eigenvalue weighted by Gasteiger charge is 2.26. The number of hydrogen-bond acceptors (Lipinski definition) is 8. The number of hydrogen-bond donors (Lipinski definition) is 2. The number of esters is 2. The molecule has 0 rings (SSSR count). The Hall–Kier alpha value is -1.77. The number of carbonyl (C=O) groups is 2. The number of phosphoric ester groups is 1. The first-order valence-electron chi connectivity index (χ1n) is 26.5. The fourth-order valence-electron chi connectivity index (χ4n) is 7.59. The number of nitrogens with two attached hydrogens (primary N) is 1. The quantitative estimate of drug-likeness (QED) is 0.0265. The van der Waals surface area contributed by atoms with Gasteiger partial charge in [0, 0.05) is 19.4 Å². The Labute approximate surface area is 388 Å². The van der Waals surface area contributed by atoms with Crippen LogP contribution in [0.3, 0.4) is 0 Å². The molecule has 0 heterocycles. The van der Waals surface area contributed by atoms with Gasteiger partial charge in [0.1, 0.15) is 6.61 Å². The van der Waals surface area contributed by atoms with Gasteiger partial charge in [0.25, 0.3) is 0 Å². The van der Waals surface area contributed by atoms with Crippen LogP contribution in [-0.4, -0.2) is 49.3 Å². The summed E-state index contributed by atoms with van der Waals surface area (Å²) in [5.74, 6) is -0.831. The largest absolute Gasteiger partial charge is 0.472 e. The monoisotopic (exact) mass is 910 g/mol. The molecule has 0 saturated heterocycles. The average Bonchev–Trinajstić information content (AvgIpc) is 3.27. The Balaban J connectivity index is 4.01. The molecular formula is C53H100NO8P. The minimum Gasteiger partial charge on any atom is -0.462 e. The lowest BCUT2D eigenvalue weighted by atomic mass is 10.0. The van der Waals surface area contributed by atoms with Crippen LogP contribution >= 0.6 is 7.82 Å². The molecule has 2 unspecified atom stereocenters. The summed E-state index contributed by atoms with van der Waals surface area (Å²) >= 11 is 0. The molecule has 0 aliphatic carbocycles. The number of allylic oxidation sites excluding steroid dienone is 6. The maximum absolute atomic E-state index is 12.6. The Kier molecular flexibility index (Phi) is 48.3. The number of unbranched alkanes of at least 4 members (excludes halogenated alkanes) is 31.